The number of carboxylic acid groups (broad SMARTS) is 1. The molecule has 8 heteroatoms. The van der Waals surface area contributed by atoms with Crippen LogP contribution in [0.1, 0.15) is 37.4 Å². The summed E-state index contributed by atoms with van der Waals surface area (Å²) >= 11 is 0. The average molecular weight is 467 g/mol. The molecule has 4 aromatic rings. The summed E-state index contributed by atoms with van der Waals surface area (Å²) in [6, 6.07) is 22.9. The first kappa shape index (κ1) is 23.1. The van der Waals surface area contributed by atoms with Crippen molar-refractivity contribution in [1.29, 1.82) is 5.26 Å². The predicted molar refractivity (Wildman–Crippen MR) is 128 cm³/mol. The molecule has 172 valence electrons. The lowest BCUT2D eigenvalue weighted by molar-refractivity contribution is 0.0696. The molecule has 0 aliphatic carbocycles. The summed E-state index contributed by atoms with van der Waals surface area (Å²) in [6.45, 7) is 0.182. The van der Waals surface area contributed by atoms with Gasteiger partial charge in [0, 0.05) is 5.56 Å². The number of halogens is 1. The topological polar surface area (TPSA) is 112 Å². The van der Waals surface area contributed by atoms with Crippen LogP contribution in [0.15, 0.2) is 84.0 Å². The Bertz CT molecular complexity index is 1490. The van der Waals surface area contributed by atoms with Crippen LogP contribution in [0.25, 0.3) is 10.8 Å². The number of benzene rings is 4. The summed E-state index contributed by atoms with van der Waals surface area (Å²) < 4.78 is 20.1. The van der Waals surface area contributed by atoms with Gasteiger partial charge in [0.15, 0.2) is 0 Å². The largest absolute Gasteiger partial charge is 0.488 e. The van der Waals surface area contributed by atoms with Crippen LogP contribution in [-0.4, -0.2) is 23.2 Å². The molecule has 0 aliphatic rings. The molecule has 7 nitrogen and oxygen atoms in total. The molecule has 0 atom stereocenters. The number of nitrogens with one attached hydrogen (secondary N) is 1. The number of amides is 1. The molecule has 0 unspecified atom stereocenters. The fraction of sp³-hybridized carbons (Fsp3) is 0.0370. The van der Waals surface area contributed by atoms with Crippen LogP contribution in [0.5, 0.6) is 5.75 Å². The number of carbonyl (C=O) groups excluding carboxylic acids is 1. The van der Waals surface area contributed by atoms with Gasteiger partial charge in [-0.25, -0.2) is 14.6 Å². The highest BCUT2D eigenvalue weighted by molar-refractivity contribution is 6.03. The summed E-state index contributed by atoms with van der Waals surface area (Å²) in [5.41, 5.74) is 3.74. The zero-order chi connectivity index (χ0) is 24.8. The van der Waals surface area contributed by atoms with E-state index in [-0.39, 0.29) is 23.3 Å². The molecule has 0 fully saturated rings. The van der Waals surface area contributed by atoms with E-state index in [1.165, 1.54) is 30.5 Å². The van der Waals surface area contributed by atoms with Crippen molar-refractivity contribution in [3.8, 4) is 11.8 Å². The van der Waals surface area contributed by atoms with E-state index in [4.69, 9.17) is 15.1 Å². The fourth-order valence-corrected chi connectivity index (χ4v) is 3.42. The third-order valence-corrected chi connectivity index (χ3v) is 5.23. The molecule has 0 radical (unpaired) electrons. The number of carboxylic acids is 1. The lowest BCUT2D eigenvalue weighted by Crippen LogP contribution is -2.19. The minimum atomic E-state index is -1.01. The van der Waals surface area contributed by atoms with Crippen molar-refractivity contribution >= 4 is 28.9 Å². The predicted octanol–water partition coefficient (Wildman–Crippen LogP) is 4.89. The van der Waals surface area contributed by atoms with Crippen molar-refractivity contribution in [2.24, 2.45) is 5.10 Å². The monoisotopic (exact) mass is 467 g/mol. The summed E-state index contributed by atoms with van der Waals surface area (Å²) in [5, 5.41) is 23.6. The summed E-state index contributed by atoms with van der Waals surface area (Å²) in [5.74, 6) is -2.09. The molecule has 35 heavy (non-hydrogen) atoms. The van der Waals surface area contributed by atoms with E-state index in [0.717, 1.165) is 22.4 Å². The van der Waals surface area contributed by atoms with Gasteiger partial charge in [-0.3, -0.25) is 4.79 Å². The summed E-state index contributed by atoms with van der Waals surface area (Å²) in [4.78, 5) is 23.4. The Labute approximate surface area is 199 Å². The quantitative estimate of drug-likeness (QED) is 0.297. The van der Waals surface area contributed by atoms with Crippen molar-refractivity contribution in [3.63, 3.8) is 0 Å². The lowest BCUT2D eigenvalue weighted by atomic mass is 10.0. The van der Waals surface area contributed by atoms with Gasteiger partial charge in [-0.05, 0) is 52.7 Å². The molecule has 4 aromatic carbocycles. The number of ether oxygens (including phenoxy) is 1. The van der Waals surface area contributed by atoms with Crippen molar-refractivity contribution < 1.29 is 23.8 Å². The molecular formula is C27H18FN3O4. The minimum absolute atomic E-state index is 0.109. The van der Waals surface area contributed by atoms with Crippen LogP contribution >= 0.6 is 0 Å². The van der Waals surface area contributed by atoms with E-state index < -0.39 is 17.7 Å². The number of nitrogens with zero attached hydrogens (tertiary/aromatic N) is 2. The third-order valence-electron chi connectivity index (χ3n) is 5.23. The van der Waals surface area contributed by atoms with E-state index in [1.54, 1.807) is 18.2 Å². The number of aromatic carboxylic acids is 1. The number of rotatable bonds is 7. The van der Waals surface area contributed by atoms with Crippen molar-refractivity contribution in [1.82, 2.24) is 5.43 Å². The Morgan fingerprint density at radius 1 is 1.06 bits per heavy atom. The lowest BCUT2D eigenvalue weighted by Gasteiger charge is -2.12. The molecule has 0 spiro atoms. The highest BCUT2D eigenvalue weighted by atomic mass is 19.1. The fourth-order valence-electron chi connectivity index (χ4n) is 3.42. The van der Waals surface area contributed by atoms with Crippen LogP contribution < -0.4 is 10.2 Å². The van der Waals surface area contributed by atoms with Crippen LogP contribution in [0.4, 0.5) is 4.39 Å². The maximum absolute atomic E-state index is 14.1. The standard InChI is InChI=1S/C27H18FN3O4/c28-24-13-18(14-29)7-11-22(24)26(32)31-30-15-23-21-4-2-1-3-19(21)10-12-25(23)35-16-17-5-8-20(9-6-17)27(33)34/h1-13,15H,16H2,(H,31,32)(H,33,34)/b30-15-. The van der Waals surface area contributed by atoms with Crippen LogP contribution in [0.3, 0.4) is 0 Å². The Morgan fingerprint density at radius 2 is 1.83 bits per heavy atom. The van der Waals surface area contributed by atoms with Gasteiger partial charge in [-0.15, -0.1) is 0 Å². The molecule has 2 N–H and O–H groups in total. The van der Waals surface area contributed by atoms with E-state index >= 15 is 0 Å². The third kappa shape index (κ3) is 5.31. The number of nitriles is 1. The van der Waals surface area contributed by atoms with Crippen LogP contribution in [-0.2, 0) is 6.61 Å². The number of hydrazone groups is 1. The second-order valence-electron chi connectivity index (χ2n) is 7.49. The average Bonchev–Trinajstić information content (AvgIpc) is 2.88. The molecular weight excluding hydrogens is 449 g/mol. The molecule has 4 rings (SSSR count). The molecule has 0 aliphatic heterocycles. The number of fused-ring (bicyclic) bond motifs is 1. The maximum atomic E-state index is 14.1. The number of carbonyl (C=O) groups is 2. The molecule has 0 saturated carbocycles. The van der Waals surface area contributed by atoms with Gasteiger partial charge >= 0.3 is 5.97 Å². The first-order valence-electron chi connectivity index (χ1n) is 10.5. The van der Waals surface area contributed by atoms with Crippen molar-refractivity contribution in [3.05, 3.63) is 112 Å². The second-order valence-corrected chi connectivity index (χ2v) is 7.49. The molecule has 0 heterocycles. The SMILES string of the molecule is N#Cc1ccc(C(=O)N/N=C\c2c(OCc3ccc(C(=O)O)cc3)ccc3ccccc23)c(F)c1. The van der Waals surface area contributed by atoms with Crippen molar-refractivity contribution in [2.75, 3.05) is 0 Å². The van der Waals surface area contributed by atoms with E-state index in [0.29, 0.717) is 11.3 Å². The zero-order valence-corrected chi connectivity index (χ0v) is 18.2. The van der Waals surface area contributed by atoms with Crippen LogP contribution in [0.2, 0.25) is 0 Å². The Morgan fingerprint density at radius 3 is 2.54 bits per heavy atom. The van der Waals surface area contributed by atoms with Crippen molar-refractivity contribution in [2.45, 2.75) is 6.61 Å². The number of hydrogen-bond donors (Lipinski definition) is 2. The molecule has 0 bridgehead atoms. The summed E-state index contributed by atoms with van der Waals surface area (Å²) in [7, 11) is 0. The first-order valence-corrected chi connectivity index (χ1v) is 10.5. The molecule has 0 aromatic heterocycles. The smallest absolute Gasteiger partial charge is 0.335 e. The minimum Gasteiger partial charge on any atom is -0.488 e. The van der Waals surface area contributed by atoms with Gasteiger partial charge in [0.2, 0.25) is 0 Å². The van der Waals surface area contributed by atoms with Gasteiger partial charge in [0.1, 0.15) is 18.2 Å². The van der Waals surface area contributed by atoms with Gasteiger partial charge in [0.05, 0.1) is 29.0 Å². The van der Waals surface area contributed by atoms with E-state index in [9.17, 15) is 14.0 Å². The second kappa shape index (κ2) is 10.3. The molecule has 0 saturated heterocycles. The highest BCUT2D eigenvalue weighted by Crippen LogP contribution is 2.27. The van der Waals surface area contributed by atoms with E-state index in [2.05, 4.69) is 10.5 Å². The number of hydrogen-bond acceptors (Lipinski definition) is 5. The summed E-state index contributed by atoms with van der Waals surface area (Å²) in [6.07, 6.45) is 1.42. The van der Waals surface area contributed by atoms with Crippen LogP contribution in [0, 0.1) is 17.1 Å². The Hall–Kier alpha value is -5.03. The zero-order valence-electron chi connectivity index (χ0n) is 18.2. The maximum Gasteiger partial charge on any atom is 0.335 e. The highest BCUT2D eigenvalue weighted by Gasteiger charge is 2.12. The molecule has 1 amide bonds. The van der Waals surface area contributed by atoms with Gasteiger partial charge < -0.3 is 9.84 Å². The van der Waals surface area contributed by atoms with E-state index in [1.807, 2.05) is 36.4 Å². The Kier molecular flexibility index (Phi) is 6.79. The normalized spacial score (nSPS) is 10.7. The van der Waals surface area contributed by atoms with Gasteiger partial charge in [-0.1, -0.05) is 42.5 Å². The van der Waals surface area contributed by atoms with Gasteiger partial charge in [0.25, 0.3) is 5.91 Å². The first-order chi connectivity index (χ1) is 17.0. The van der Waals surface area contributed by atoms with Gasteiger partial charge in [-0.2, -0.15) is 10.4 Å². The Balaban J connectivity index is 1.56.